The Morgan fingerprint density at radius 2 is 0.703 bits per heavy atom. The Morgan fingerprint density at radius 3 is 1.14 bits per heavy atom. The summed E-state index contributed by atoms with van der Waals surface area (Å²) in [6.07, 6.45) is 73.8. The number of ether oxygens (including phenoxy) is 3. The summed E-state index contributed by atoms with van der Waals surface area (Å²) in [6.45, 7) is 7.49. The van der Waals surface area contributed by atoms with Crippen molar-refractivity contribution in [2.24, 2.45) is 0 Å². The number of allylic oxidation sites excluding steroid dienone is 18. The minimum Gasteiger partial charge on any atom is -0.462 e. The molecule has 0 rings (SSSR count). The molecule has 0 saturated carbocycles. The van der Waals surface area contributed by atoms with Gasteiger partial charge in [-0.05, 0) is 122 Å². The first kappa shape index (κ1) is 60.6. The van der Waals surface area contributed by atoms with E-state index in [1.165, 1.54) is 77.0 Å². The van der Waals surface area contributed by atoms with Gasteiger partial charge in [0.2, 0.25) is 0 Å². The predicted molar refractivity (Wildman–Crippen MR) is 279 cm³/mol. The molecule has 0 aromatic rings. The fourth-order valence-corrected chi connectivity index (χ4v) is 6.90. The SMILES string of the molecule is CC/C=C\C/C=C\C/C=C\C/C=C\CCCCCCCOCC(COC(=O)CCCCCCCCC/C=C\C/C=C\CCCCC)OC(=O)CCCCC/C=C\C/C=C\C/C=C\CC. The van der Waals surface area contributed by atoms with Crippen LogP contribution in [0.5, 0.6) is 0 Å². The van der Waals surface area contributed by atoms with Gasteiger partial charge in [-0.25, -0.2) is 0 Å². The monoisotopic (exact) mass is 887 g/mol. The highest BCUT2D eigenvalue weighted by molar-refractivity contribution is 5.70. The van der Waals surface area contributed by atoms with E-state index < -0.39 is 6.10 Å². The number of esters is 2. The molecule has 64 heavy (non-hydrogen) atoms. The van der Waals surface area contributed by atoms with Gasteiger partial charge in [0.25, 0.3) is 0 Å². The van der Waals surface area contributed by atoms with Gasteiger partial charge in [0, 0.05) is 19.4 Å². The van der Waals surface area contributed by atoms with Crippen LogP contribution in [0.3, 0.4) is 0 Å². The summed E-state index contributed by atoms with van der Waals surface area (Å²) in [5, 5.41) is 0. The molecule has 0 aliphatic heterocycles. The van der Waals surface area contributed by atoms with Crippen LogP contribution < -0.4 is 0 Å². The standard InChI is InChI=1S/C59H98O5/c1-4-7-10-13-16-19-22-25-27-29-31-33-36-39-42-45-48-51-54-62-55-57(64-59(61)53-50-47-44-41-38-34-24-21-18-15-12-9-6-3)56-63-58(60)52-49-46-43-40-37-35-32-30-28-26-23-20-17-14-11-8-5-2/h7,9-10,12,16-21,25-28,31,33-34,38,57H,4-6,8,11,13-15,22-24,29-30,32,35-37,39-56H2,1-3H3/b10-7-,12-9-,19-16-,20-17-,21-18-,27-25-,28-26-,33-31-,38-34-. The van der Waals surface area contributed by atoms with Gasteiger partial charge in [0.05, 0.1) is 6.61 Å². The Hall–Kier alpha value is -3.44. The molecule has 0 aliphatic rings. The van der Waals surface area contributed by atoms with Crippen LogP contribution in [0.25, 0.3) is 0 Å². The van der Waals surface area contributed by atoms with Crippen LogP contribution in [0.15, 0.2) is 109 Å². The lowest BCUT2D eigenvalue weighted by Gasteiger charge is -2.18. The Morgan fingerprint density at radius 1 is 0.359 bits per heavy atom. The van der Waals surface area contributed by atoms with Crippen molar-refractivity contribution in [3.05, 3.63) is 109 Å². The zero-order valence-electron chi connectivity index (χ0n) is 41.8. The lowest BCUT2D eigenvalue weighted by Crippen LogP contribution is -2.30. The molecule has 0 heterocycles. The molecule has 0 aromatic heterocycles. The quantitative estimate of drug-likeness (QED) is 0.0346. The lowest BCUT2D eigenvalue weighted by molar-refractivity contribution is -0.163. The van der Waals surface area contributed by atoms with Gasteiger partial charge in [-0.1, -0.05) is 201 Å². The van der Waals surface area contributed by atoms with Crippen molar-refractivity contribution in [1.29, 1.82) is 0 Å². The van der Waals surface area contributed by atoms with E-state index in [1.807, 2.05) is 0 Å². The minimum absolute atomic E-state index is 0.0553. The first-order valence-corrected chi connectivity index (χ1v) is 26.4. The van der Waals surface area contributed by atoms with Crippen LogP contribution in [0.1, 0.15) is 226 Å². The highest BCUT2D eigenvalue weighted by Gasteiger charge is 2.17. The zero-order chi connectivity index (χ0) is 46.3. The molecule has 364 valence electrons. The third-order valence-electron chi connectivity index (χ3n) is 10.8. The number of hydrogen-bond acceptors (Lipinski definition) is 5. The van der Waals surface area contributed by atoms with Crippen molar-refractivity contribution < 1.29 is 23.8 Å². The van der Waals surface area contributed by atoms with Crippen molar-refractivity contribution in [2.45, 2.75) is 232 Å². The highest BCUT2D eigenvalue weighted by Crippen LogP contribution is 2.13. The molecule has 5 heteroatoms. The largest absolute Gasteiger partial charge is 0.462 e. The molecule has 0 bridgehead atoms. The van der Waals surface area contributed by atoms with Gasteiger partial charge in [0.1, 0.15) is 6.61 Å². The second kappa shape index (κ2) is 53.9. The first-order valence-electron chi connectivity index (χ1n) is 26.4. The van der Waals surface area contributed by atoms with Crippen LogP contribution in [0.4, 0.5) is 0 Å². The molecular formula is C59H98O5. The van der Waals surface area contributed by atoms with Crippen molar-refractivity contribution in [2.75, 3.05) is 19.8 Å². The molecule has 1 atom stereocenters. The minimum atomic E-state index is -0.571. The Bertz CT molecular complexity index is 1280. The van der Waals surface area contributed by atoms with E-state index in [4.69, 9.17) is 14.2 Å². The lowest BCUT2D eigenvalue weighted by atomic mass is 10.1. The third-order valence-corrected chi connectivity index (χ3v) is 10.8. The fourth-order valence-electron chi connectivity index (χ4n) is 6.90. The van der Waals surface area contributed by atoms with Crippen molar-refractivity contribution >= 4 is 11.9 Å². The topological polar surface area (TPSA) is 61.8 Å². The average molecular weight is 887 g/mol. The molecular weight excluding hydrogens is 789 g/mol. The van der Waals surface area contributed by atoms with Gasteiger partial charge in [0.15, 0.2) is 6.10 Å². The number of unbranched alkanes of at least 4 members (excludes halogenated alkanes) is 18. The van der Waals surface area contributed by atoms with E-state index in [-0.39, 0.29) is 25.2 Å². The Labute approximate surface area is 395 Å². The molecule has 0 spiro atoms. The van der Waals surface area contributed by atoms with E-state index in [9.17, 15) is 9.59 Å². The summed E-state index contributed by atoms with van der Waals surface area (Å²) in [4.78, 5) is 25.4. The van der Waals surface area contributed by atoms with E-state index in [0.29, 0.717) is 19.4 Å². The number of carbonyl (C=O) groups is 2. The van der Waals surface area contributed by atoms with E-state index in [1.54, 1.807) is 0 Å². The summed E-state index contributed by atoms with van der Waals surface area (Å²) in [5.41, 5.74) is 0. The molecule has 0 radical (unpaired) electrons. The molecule has 0 saturated heterocycles. The third kappa shape index (κ3) is 51.2. The van der Waals surface area contributed by atoms with Crippen molar-refractivity contribution in [3.8, 4) is 0 Å². The van der Waals surface area contributed by atoms with E-state index in [2.05, 4.69) is 130 Å². The fraction of sp³-hybridized carbons (Fsp3) is 0.661. The average Bonchev–Trinajstić information content (AvgIpc) is 3.30. The molecule has 0 fully saturated rings. The molecule has 0 N–H and O–H groups in total. The van der Waals surface area contributed by atoms with Crippen LogP contribution in [-0.4, -0.2) is 37.9 Å². The summed E-state index contributed by atoms with van der Waals surface area (Å²) >= 11 is 0. The van der Waals surface area contributed by atoms with Gasteiger partial charge in [-0.3, -0.25) is 9.59 Å². The molecule has 1 unspecified atom stereocenters. The van der Waals surface area contributed by atoms with Gasteiger partial charge in [-0.2, -0.15) is 0 Å². The molecule has 0 amide bonds. The normalized spacial score (nSPS) is 13.1. The number of rotatable bonds is 47. The van der Waals surface area contributed by atoms with Gasteiger partial charge in [-0.15, -0.1) is 0 Å². The Balaban J connectivity index is 4.36. The van der Waals surface area contributed by atoms with Crippen LogP contribution in [0.2, 0.25) is 0 Å². The maximum atomic E-state index is 12.8. The summed E-state index contributed by atoms with van der Waals surface area (Å²) in [5.74, 6) is -0.456. The van der Waals surface area contributed by atoms with Crippen LogP contribution in [0, 0.1) is 0 Å². The summed E-state index contributed by atoms with van der Waals surface area (Å²) < 4.78 is 17.4. The smallest absolute Gasteiger partial charge is 0.306 e. The van der Waals surface area contributed by atoms with Crippen molar-refractivity contribution in [1.82, 2.24) is 0 Å². The second-order valence-corrected chi connectivity index (χ2v) is 17.0. The predicted octanol–water partition coefficient (Wildman–Crippen LogP) is 18.0. The van der Waals surface area contributed by atoms with Crippen LogP contribution in [-0.2, 0) is 23.8 Å². The summed E-state index contributed by atoms with van der Waals surface area (Å²) in [7, 11) is 0. The molecule has 0 aliphatic carbocycles. The maximum Gasteiger partial charge on any atom is 0.306 e. The second-order valence-electron chi connectivity index (χ2n) is 17.0. The Kier molecular flexibility index (Phi) is 51.0. The number of carbonyl (C=O) groups excluding carboxylic acids is 2. The van der Waals surface area contributed by atoms with E-state index >= 15 is 0 Å². The molecule has 0 aromatic carbocycles. The highest BCUT2D eigenvalue weighted by atomic mass is 16.6. The first-order chi connectivity index (χ1) is 31.6. The maximum absolute atomic E-state index is 12.8. The molecule has 5 nitrogen and oxygen atoms in total. The zero-order valence-corrected chi connectivity index (χ0v) is 41.8. The van der Waals surface area contributed by atoms with Crippen LogP contribution >= 0.6 is 0 Å². The summed E-state index contributed by atoms with van der Waals surface area (Å²) in [6, 6.07) is 0. The van der Waals surface area contributed by atoms with Crippen molar-refractivity contribution in [3.63, 3.8) is 0 Å². The number of hydrogen-bond donors (Lipinski definition) is 0. The van der Waals surface area contributed by atoms with Gasteiger partial charge < -0.3 is 14.2 Å². The van der Waals surface area contributed by atoms with E-state index in [0.717, 1.165) is 116 Å². The van der Waals surface area contributed by atoms with Gasteiger partial charge >= 0.3 is 11.9 Å².